The van der Waals surface area contributed by atoms with Crippen molar-refractivity contribution >= 4 is 38.5 Å². The molecule has 1 atom stereocenters. The largest absolute Gasteiger partial charge is 0.295 e. The van der Waals surface area contributed by atoms with Crippen molar-refractivity contribution in [3.8, 4) is 0 Å². The zero-order valence-corrected chi connectivity index (χ0v) is 14.3. The predicted molar refractivity (Wildman–Crippen MR) is 88.9 cm³/mol. The molecule has 3 nitrogen and oxygen atoms in total. The molecule has 0 bridgehead atoms. The molecule has 1 aromatic carbocycles. The Morgan fingerprint density at radius 2 is 2.05 bits per heavy atom. The van der Waals surface area contributed by atoms with Gasteiger partial charge in [0, 0.05) is 24.0 Å². The standard InChI is InChI=1S/C14H14BrIN2O/c1-10-17-8-13(16)14(19)18(10)9-12(7-15)11-5-3-2-4-6-11/h2-6,8,12H,7,9H2,1H3. The van der Waals surface area contributed by atoms with Gasteiger partial charge in [-0.1, -0.05) is 46.3 Å². The van der Waals surface area contributed by atoms with Crippen molar-refractivity contribution in [3.05, 3.63) is 61.8 Å². The van der Waals surface area contributed by atoms with Gasteiger partial charge in [0.25, 0.3) is 5.56 Å². The normalized spacial score (nSPS) is 12.4. The molecule has 2 aromatic rings. The minimum absolute atomic E-state index is 0.0370. The van der Waals surface area contributed by atoms with Crippen molar-refractivity contribution in [1.29, 1.82) is 0 Å². The predicted octanol–water partition coefficient (Wildman–Crippen LogP) is 3.34. The van der Waals surface area contributed by atoms with Crippen molar-refractivity contribution in [2.75, 3.05) is 5.33 Å². The van der Waals surface area contributed by atoms with E-state index in [0.717, 1.165) is 11.2 Å². The van der Waals surface area contributed by atoms with Crippen molar-refractivity contribution in [1.82, 2.24) is 9.55 Å². The first kappa shape index (κ1) is 14.7. The third-order valence-corrected chi connectivity index (χ3v) is 4.59. The van der Waals surface area contributed by atoms with Gasteiger partial charge in [-0.2, -0.15) is 0 Å². The van der Waals surface area contributed by atoms with Gasteiger partial charge in [0.2, 0.25) is 0 Å². The Balaban J connectivity index is 2.35. The lowest BCUT2D eigenvalue weighted by Gasteiger charge is -2.17. The van der Waals surface area contributed by atoms with E-state index in [1.807, 2.05) is 47.7 Å². The highest BCUT2D eigenvalue weighted by atomic mass is 127. The number of halogens is 2. The first-order chi connectivity index (χ1) is 9.13. The number of benzene rings is 1. The molecular weight excluding hydrogens is 419 g/mol. The summed E-state index contributed by atoms with van der Waals surface area (Å²) in [4.78, 5) is 16.4. The van der Waals surface area contributed by atoms with E-state index in [0.29, 0.717) is 10.1 Å². The monoisotopic (exact) mass is 432 g/mol. The average Bonchev–Trinajstić information content (AvgIpc) is 2.44. The molecule has 5 heteroatoms. The fraction of sp³-hybridized carbons (Fsp3) is 0.286. The smallest absolute Gasteiger partial charge is 0.266 e. The van der Waals surface area contributed by atoms with E-state index in [-0.39, 0.29) is 11.5 Å². The van der Waals surface area contributed by atoms with Crippen LogP contribution >= 0.6 is 38.5 Å². The summed E-state index contributed by atoms with van der Waals surface area (Å²) in [5.74, 6) is 1.02. The van der Waals surface area contributed by atoms with Gasteiger partial charge in [0.1, 0.15) is 5.82 Å². The zero-order chi connectivity index (χ0) is 13.8. The molecule has 2 rings (SSSR count). The molecule has 0 spiro atoms. The highest BCUT2D eigenvalue weighted by molar-refractivity contribution is 14.1. The Morgan fingerprint density at radius 3 is 2.68 bits per heavy atom. The zero-order valence-electron chi connectivity index (χ0n) is 10.5. The SMILES string of the molecule is Cc1ncc(I)c(=O)n1CC(CBr)c1ccccc1. The minimum atomic E-state index is 0.0370. The molecule has 0 amide bonds. The second kappa shape index (κ2) is 6.65. The van der Waals surface area contributed by atoms with Gasteiger partial charge in [-0.25, -0.2) is 4.98 Å². The fourth-order valence-corrected chi connectivity index (χ4v) is 2.96. The molecule has 0 fully saturated rings. The van der Waals surface area contributed by atoms with Crippen LogP contribution in [0.2, 0.25) is 0 Å². The van der Waals surface area contributed by atoms with Gasteiger partial charge in [-0.15, -0.1) is 0 Å². The number of nitrogens with zero attached hydrogens (tertiary/aromatic N) is 2. The highest BCUT2D eigenvalue weighted by Gasteiger charge is 2.14. The summed E-state index contributed by atoms with van der Waals surface area (Å²) >= 11 is 5.57. The molecule has 0 aliphatic heterocycles. The van der Waals surface area contributed by atoms with Crippen LogP contribution in [0, 0.1) is 10.5 Å². The summed E-state index contributed by atoms with van der Waals surface area (Å²) in [7, 11) is 0. The third-order valence-electron chi connectivity index (χ3n) is 3.07. The summed E-state index contributed by atoms with van der Waals surface area (Å²) in [6, 6.07) is 10.2. The van der Waals surface area contributed by atoms with Gasteiger partial charge >= 0.3 is 0 Å². The highest BCUT2D eigenvalue weighted by Crippen LogP contribution is 2.20. The second-order valence-corrected chi connectivity index (χ2v) is 6.14. The molecule has 0 N–H and O–H groups in total. The van der Waals surface area contributed by atoms with Gasteiger partial charge < -0.3 is 0 Å². The Hall–Kier alpha value is -0.690. The molecule has 1 unspecified atom stereocenters. The maximum absolute atomic E-state index is 12.2. The summed E-state index contributed by atoms with van der Waals surface area (Å²) in [5, 5.41) is 0.814. The van der Waals surface area contributed by atoms with Crippen LogP contribution < -0.4 is 5.56 Å². The summed E-state index contributed by atoms with van der Waals surface area (Å²) < 4.78 is 2.41. The third kappa shape index (κ3) is 3.45. The van der Waals surface area contributed by atoms with E-state index in [4.69, 9.17) is 0 Å². The number of hydrogen-bond acceptors (Lipinski definition) is 2. The minimum Gasteiger partial charge on any atom is -0.295 e. The van der Waals surface area contributed by atoms with Gasteiger partial charge in [-0.05, 0) is 35.1 Å². The van der Waals surface area contributed by atoms with Crippen molar-refractivity contribution in [3.63, 3.8) is 0 Å². The van der Waals surface area contributed by atoms with Crippen molar-refractivity contribution in [2.45, 2.75) is 19.4 Å². The summed E-state index contributed by atoms with van der Waals surface area (Å²) in [6.07, 6.45) is 1.63. The Labute approximate surface area is 134 Å². The van der Waals surface area contributed by atoms with Crippen LogP contribution in [-0.2, 0) is 6.54 Å². The van der Waals surface area contributed by atoms with Crippen molar-refractivity contribution < 1.29 is 0 Å². The molecule has 0 radical (unpaired) electrons. The number of alkyl halides is 1. The first-order valence-corrected chi connectivity index (χ1v) is 8.16. The average molecular weight is 433 g/mol. The number of aryl methyl sites for hydroxylation is 1. The first-order valence-electron chi connectivity index (χ1n) is 5.96. The van der Waals surface area contributed by atoms with Crippen molar-refractivity contribution in [2.24, 2.45) is 0 Å². The molecule has 19 heavy (non-hydrogen) atoms. The van der Waals surface area contributed by atoms with E-state index in [2.05, 4.69) is 33.0 Å². The molecule has 1 aromatic heterocycles. The van der Waals surface area contributed by atoms with Gasteiger partial charge in [-0.3, -0.25) is 9.36 Å². The van der Waals surface area contributed by atoms with Crippen LogP contribution in [0.1, 0.15) is 17.3 Å². The quantitative estimate of drug-likeness (QED) is 0.548. The van der Waals surface area contributed by atoms with E-state index in [1.165, 1.54) is 5.56 Å². The molecule has 1 heterocycles. The van der Waals surface area contributed by atoms with Crippen LogP contribution in [-0.4, -0.2) is 14.9 Å². The fourth-order valence-electron chi connectivity index (χ4n) is 1.95. The summed E-state index contributed by atoms with van der Waals surface area (Å²) in [6.45, 7) is 2.51. The topological polar surface area (TPSA) is 34.9 Å². The van der Waals surface area contributed by atoms with Crippen LogP contribution in [0.4, 0.5) is 0 Å². The molecule has 0 aliphatic rings. The maximum Gasteiger partial charge on any atom is 0.266 e. The van der Waals surface area contributed by atoms with E-state index >= 15 is 0 Å². The Morgan fingerprint density at radius 1 is 1.37 bits per heavy atom. The van der Waals surface area contributed by atoms with Gasteiger partial charge in [0.15, 0.2) is 0 Å². The lowest BCUT2D eigenvalue weighted by molar-refractivity contribution is 0.561. The maximum atomic E-state index is 12.2. The van der Waals surface area contributed by atoms with Crippen LogP contribution in [0.25, 0.3) is 0 Å². The lowest BCUT2D eigenvalue weighted by atomic mass is 10.0. The number of aromatic nitrogens is 2. The van der Waals surface area contributed by atoms with Gasteiger partial charge in [0.05, 0.1) is 3.57 Å². The summed E-state index contributed by atoms with van der Waals surface area (Å²) in [5.41, 5.74) is 1.26. The molecular formula is C14H14BrIN2O. The van der Waals surface area contributed by atoms with E-state index in [9.17, 15) is 4.79 Å². The van der Waals surface area contributed by atoms with Crippen LogP contribution in [0.3, 0.4) is 0 Å². The van der Waals surface area contributed by atoms with Crippen LogP contribution in [0.5, 0.6) is 0 Å². The van der Waals surface area contributed by atoms with Crippen LogP contribution in [0.15, 0.2) is 41.3 Å². The second-order valence-electron chi connectivity index (χ2n) is 4.33. The molecule has 0 saturated carbocycles. The molecule has 0 aliphatic carbocycles. The number of hydrogen-bond donors (Lipinski definition) is 0. The van der Waals surface area contributed by atoms with E-state index in [1.54, 1.807) is 10.8 Å². The lowest BCUT2D eigenvalue weighted by Crippen LogP contribution is -2.28. The molecule has 0 saturated heterocycles. The number of rotatable bonds is 4. The Kier molecular flexibility index (Phi) is 5.15. The van der Waals surface area contributed by atoms with E-state index < -0.39 is 0 Å². The molecule has 100 valence electrons. The Bertz CT molecular complexity index is 613.